The summed E-state index contributed by atoms with van der Waals surface area (Å²) in [6.45, 7) is 2.11. The first-order valence-corrected chi connectivity index (χ1v) is 5.45. The van der Waals surface area contributed by atoms with E-state index in [1.807, 2.05) is 12.1 Å². The molecule has 2 heterocycles. The highest BCUT2D eigenvalue weighted by atomic mass is 16.5. The van der Waals surface area contributed by atoms with Gasteiger partial charge in [-0.3, -0.25) is 0 Å². The molecule has 5 heteroatoms. The van der Waals surface area contributed by atoms with Crippen LogP contribution in [0.4, 0.5) is 5.82 Å². The van der Waals surface area contributed by atoms with Crippen molar-refractivity contribution in [2.75, 3.05) is 32.2 Å². The third-order valence-corrected chi connectivity index (χ3v) is 2.87. The standard InChI is InChI=1S/C12H13N3O2/c1-16-10-5-8-9(6-11(10)17-2)13-7-14-12(8)15-3-4-15/h5-7H,3-4H2,1-2H3. The molecule has 3 rings (SSSR count). The highest BCUT2D eigenvalue weighted by Gasteiger charge is 2.22. The van der Waals surface area contributed by atoms with Gasteiger partial charge in [-0.15, -0.1) is 0 Å². The first kappa shape index (κ1) is 10.1. The predicted octanol–water partition coefficient (Wildman–Crippen LogP) is 1.47. The van der Waals surface area contributed by atoms with E-state index in [0.717, 1.165) is 29.8 Å². The summed E-state index contributed by atoms with van der Waals surface area (Å²) < 4.78 is 10.6. The molecule has 0 bridgehead atoms. The Labute approximate surface area is 99.0 Å². The Bertz CT molecular complexity index is 567. The summed E-state index contributed by atoms with van der Waals surface area (Å²) in [5, 5.41) is 1.00. The molecular weight excluding hydrogens is 218 g/mol. The molecule has 1 aromatic heterocycles. The molecular formula is C12H13N3O2. The maximum Gasteiger partial charge on any atom is 0.162 e. The van der Waals surface area contributed by atoms with Crippen LogP contribution in [0, 0.1) is 0 Å². The van der Waals surface area contributed by atoms with Gasteiger partial charge in [0, 0.05) is 24.5 Å². The number of methoxy groups -OCH3 is 2. The molecule has 1 saturated heterocycles. The molecule has 88 valence electrons. The summed E-state index contributed by atoms with van der Waals surface area (Å²) in [5.74, 6) is 2.37. The first-order valence-electron chi connectivity index (χ1n) is 5.45. The summed E-state index contributed by atoms with van der Waals surface area (Å²) in [7, 11) is 3.25. The number of hydrogen-bond donors (Lipinski definition) is 0. The molecule has 0 unspecified atom stereocenters. The zero-order valence-electron chi connectivity index (χ0n) is 9.80. The van der Waals surface area contributed by atoms with E-state index in [2.05, 4.69) is 14.9 Å². The second-order valence-electron chi connectivity index (χ2n) is 3.91. The fraction of sp³-hybridized carbons (Fsp3) is 0.333. The number of anilines is 1. The van der Waals surface area contributed by atoms with Gasteiger partial charge in [-0.25, -0.2) is 9.97 Å². The van der Waals surface area contributed by atoms with E-state index in [0.29, 0.717) is 11.5 Å². The van der Waals surface area contributed by atoms with Crippen molar-refractivity contribution in [2.45, 2.75) is 0 Å². The van der Waals surface area contributed by atoms with Gasteiger partial charge in [-0.05, 0) is 6.07 Å². The van der Waals surface area contributed by atoms with Crippen molar-refractivity contribution < 1.29 is 9.47 Å². The van der Waals surface area contributed by atoms with Crippen molar-refractivity contribution in [3.05, 3.63) is 18.5 Å². The number of nitrogens with zero attached hydrogens (tertiary/aromatic N) is 3. The van der Waals surface area contributed by atoms with Gasteiger partial charge >= 0.3 is 0 Å². The van der Waals surface area contributed by atoms with Crippen LogP contribution in [0.5, 0.6) is 11.5 Å². The van der Waals surface area contributed by atoms with E-state index in [-0.39, 0.29) is 0 Å². The van der Waals surface area contributed by atoms with E-state index >= 15 is 0 Å². The fourth-order valence-electron chi connectivity index (χ4n) is 1.88. The lowest BCUT2D eigenvalue weighted by Crippen LogP contribution is -1.98. The van der Waals surface area contributed by atoms with Crippen LogP contribution in [0.2, 0.25) is 0 Å². The van der Waals surface area contributed by atoms with Gasteiger partial charge in [0.1, 0.15) is 12.1 Å². The molecule has 1 aliphatic heterocycles. The summed E-state index contributed by atoms with van der Waals surface area (Å²) >= 11 is 0. The van der Waals surface area contributed by atoms with E-state index in [1.165, 1.54) is 0 Å². The van der Waals surface area contributed by atoms with Crippen molar-refractivity contribution >= 4 is 16.7 Å². The second-order valence-corrected chi connectivity index (χ2v) is 3.91. The van der Waals surface area contributed by atoms with Crippen LogP contribution in [-0.2, 0) is 0 Å². The Morgan fingerprint density at radius 1 is 1.06 bits per heavy atom. The van der Waals surface area contributed by atoms with Gasteiger partial charge in [-0.2, -0.15) is 0 Å². The van der Waals surface area contributed by atoms with Crippen LogP contribution in [0.1, 0.15) is 0 Å². The molecule has 0 spiro atoms. The molecule has 0 radical (unpaired) electrons. The van der Waals surface area contributed by atoms with E-state index in [1.54, 1.807) is 20.5 Å². The average molecular weight is 231 g/mol. The minimum absolute atomic E-state index is 0.690. The lowest BCUT2D eigenvalue weighted by molar-refractivity contribution is 0.356. The van der Waals surface area contributed by atoms with Crippen molar-refractivity contribution in [3.63, 3.8) is 0 Å². The van der Waals surface area contributed by atoms with Crippen molar-refractivity contribution in [3.8, 4) is 11.5 Å². The molecule has 17 heavy (non-hydrogen) atoms. The highest BCUT2D eigenvalue weighted by Crippen LogP contribution is 2.35. The molecule has 1 fully saturated rings. The number of benzene rings is 1. The van der Waals surface area contributed by atoms with Gasteiger partial charge in [0.25, 0.3) is 0 Å². The van der Waals surface area contributed by atoms with Crippen LogP contribution in [0.15, 0.2) is 18.5 Å². The Kier molecular flexibility index (Phi) is 2.24. The maximum atomic E-state index is 5.30. The third kappa shape index (κ3) is 1.63. The number of aromatic nitrogens is 2. The van der Waals surface area contributed by atoms with Crippen LogP contribution >= 0.6 is 0 Å². The van der Waals surface area contributed by atoms with E-state index < -0.39 is 0 Å². The Morgan fingerprint density at radius 3 is 2.41 bits per heavy atom. The zero-order valence-corrected chi connectivity index (χ0v) is 9.80. The first-order chi connectivity index (χ1) is 8.33. The quantitative estimate of drug-likeness (QED) is 0.748. The minimum atomic E-state index is 0.690. The highest BCUT2D eigenvalue weighted by molar-refractivity contribution is 5.92. The summed E-state index contributed by atoms with van der Waals surface area (Å²) in [6.07, 6.45) is 1.59. The molecule has 0 aliphatic carbocycles. The van der Waals surface area contributed by atoms with Gasteiger partial charge in [0.15, 0.2) is 11.5 Å². The number of hydrogen-bond acceptors (Lipinski definition) is 5. The molecule has 0 N–H and O–H groups in total. The number of rotatable bonds is 3. The van der Waals surface area contributed by atoms with Crippen LogP contribution < -0.4 is 14.4 Å². The zero-order chi connectivity index (χ0) is 11.8. The fourth-order valence-corrected chi connectivity index (χ4v) is 1.88. The molecule has 5 nitrogen and oxygen atoms in total. The number of fused-ring (bicyclic) bond motifs is 1. The van der Waals surface area contributed by atoms with Gasteiger partial charge < -0.3 is 14.4 Å². The summed E-state index contributed by atoms with van der Waals surface area (Å²) in [6, 6.07) is 3.81. The summed E-state index contributed by atoms with van der Waals surface area (Å²) in [5.41, 5.74) is 0.875. The molecule has 0 amide bonds. The second kappa shape index (κ2) is 3.76. The Morgan fingerprint density at radius 2 is 1.76 bits per heavy atom. The lowest BCUT2D eigenvalue weighted by Gasteiger charge is -2.11. The SMILES string of the molecule is COc1cc2ncnc(N3CC3)c2cc1OC. The normalized spacial score (nSPS) is 13.9. The van der Waals surface area contributed by atoms with Crippen LogP contribution in [0.3, 0.4) is 0 Å². The summed E-state index contributed by atoms with van der Waals surface area (Å²) in [4.78, 5) is 10.8. The van der Waals surface area contributed by atoms with Crippen LogP contribution in [0.25, 0.3) is 10.9 Å². The molecule has 1 aliphatic rings. The largest absolute Gasteiger partial charge is 0.493 e. The Hall–Kier alpha value is -2.04. The van der Waals surface area contributed by atoms with E-state index in [4.69, 9.17) is 9.47 Å². The monoisotopic (exact) mass is 231 g/mol. The maximum absolute atomic E-state index is 5.30. The third-order valence-electron chi connectivity index (χ3n) is 2.87. The molecule has 0 atom stereocenters. The van der Waals surface area contributed by atoms with Gasteiger partial charge in [0.05, 0.1) is 19.7 Å². The topological polar surface area (TPSA) is 47.2 Å². The van der Waals surface area contributed by atoms with E-state index in [9.17, 15) is 0 Å². The van der Waals surface area contributed by atoms with Gasteiger partial charge in [0.2, 0.25) is 0 Å². The predicted molar refractivity (Wildman–Crippen MR) is 64.9 cm³/mol. The molecule has 2 aromatic rings. The average Bonchev–Trinajstić information content (AvgIpc) is 3.20. The van der Waals surface area contributed by atoms with Crippen molar-refractivity contribution in [1.82, 2.24) is 9.97 Å². The van der Waals surface area contributed by atoms with Crippen LogP contribution in [-0.4, -0.2) is 37.3 Å². The molecule has 0 saturated carbocycles. The Balaban J connectivity index is 2.25. The molecule has 1 aromatic carbocycles. The number of ether oxygens (including phenoxy) is 2. The lowest BCUT2D eigenvalue weighted by atomic mass is 10.2. The van der Waals surface area contributed by atoms with Crippen molar-refractivity contribution in [1.29, 1.82) is 0 Å². The van der Waals surface area contributed by atoms with Crippen molar-refractivity contribution in [2.24, 2.45) is 0 Å². The van der Waals surface area contributed by atoms with Gasteiger partial charge in [-0.1, -0.05) is 0 Å². The smallest absolute Gasteiger partial charge is 0.162 e. The minimum Gasteiger partial charge on any atom is -0.493 e.